The molecule has 0 aliphatic heterocycles. The molecular weight excluding hydrogens is 302 g/mol. The molecule has 126 valence electrons. The van der Waals surface area contributed by atoms with Crippen LogP contribution in [-0.4, -0.2) is 12.7 Å². The van der Waals surface area contributed by atoms with Crippen LogP contribution in [0.15, 0.2) is 43.0 Å². The van der Waals surface area contributed by atoms with Gasteiger partial charge < -0.3 is 9.47 Å². The third-order valence-corrected chi connectivity index (χ3v) is 3.59. The number of ether oxygens (including phenoxy) is 2. The van der Waals surface area contributed by atoms with Gasteiger partial charge in [-0.05, 0) is 50.1 Å². The van der Waals surface area contributed by atoms with Gasteiger partial charge in [-0.1, -0.05) is 36.4 Å². The highest BCUT2D eigenvalue weighted by Gasteiger charge is 2.09. The number of benzene rings is 2. The first-order valence-electron chi connectivity index (χ1n) is 7.92. The zero-order valence-corrected chi connectivity index (χ0v) is 14.4. The van der Waals surface area contributed by atoms with Crippen molar-refractivity contribution < 1.29 is 14.3 Å². The van der Waals surface area contributed by atoms with Gasteiger partial charge in [0, 0.05) is 5.56 Å². The first-order valence-corrected chi connectivity index (χ1v) is 7.92. The number of amides is 1. The minimum atomic E-state index is -0.475. The van der Waals surface area contributed by atoms with Gasteiger partial charge in [-0.15, -0.1) is 0 Å². The summed E-state index contributed by atoms with van der Waals surface area (Å²) in [7, 11) is 0. The van der Waals surface area contributed by atoms with E-state index < -0.39 is 6.09 Å². The van der Waals surface area contributed by atoms with Crippen LogP contribution in [0, 0.1) is 13.8 Å². The first-order chi connectivity index (χ1) is 11.5. The molecular formula is C20H23NO3. The van der Waals surface area contributed by atoms with E-state index in [1.54, 1.807) is 13.0 Å². The number of hydrogen-bond donors (Lipinski definition) is 1. The van der Waals surface area contributed by atoms with Crippen LogP contribution >= 0.6 is 0 Å². The minimum Gasteiger partial charge on any atom is -0.489 e. The third-order valence-electron chi connectivity index (χ3n) is 3.59. The van der Waals surface area contributed by atoms with Gasteiger partial charge in [-0.2, -0.15) is 0 Å². The molecule has 2 aromatic rings. The molecule has 4 nitrogen and oxygen atoms in total. The van der Waals surface area contributed by atoms with E-state index >= 15 is 0 Å². The molecule has 0 aliphatic carbocycles. The van der Waals surface area contributed by atoms with E-state index in [0.717, 1.165) is 22.4 Å². The van der Waals surface area contributed by atoms with Gasteiger partial charge in [-0.3, -0.25) is 5.32 Å². The van der Waals surface area contributed by atoms with Crippen molar-refractivity contribution in [3.05, 3.63) is 65.2 Å². The Kier molecular flexibility index (Phi) is 6.01. The zero-order valence-electron chi connectivity index (χ0n) is 14.4. The Bertz CT molecular complexity index is 738. The van der Waals surface area contributed by atoms with Gasteiger partial charge in [-0.25, -0.2) is 4.79 Å². The molecule has 0 fully saturated rings. The number of carbonyl (C=O) groups is 1. The fourth-order valence-corrected chi connectivity index (χ4v) is 2.38. The van der Waals surface area contributed by atoms with E-state index in [9.17, 15) is 4.79 Å². The van der Waals surface area contributed by atoms with E-state index in [1.807, 2.05) is 44.2 Å². The summed E-state index contributed by atoms with van der Waals surface area (Å²) in [4.78, 5) is 11.7. The van der Waals surface area contributed by atoms with Crippen molar-refractivity contribution in [2.45, 2.75) is 27.4 Å². The van der Waals surface area contributed by atoms with Crippen LogP contribution in [0.5, 0.6) is 5.75 Å². The lowest BCUT2D eigenvalue weighted by molar-refractivity contribution is 0.168. The van der Waals surface area contributed by atoms with Gasteiger partial charge in [0.25, 0.3) is 0 Å². The predicted octanol–water partition coefficient (Wildman–Crippen LogP) is 5.09. The third kappa shape index (κ3) is 4.62. The highest BCUT2D eigenvalue weighted by atomic mass is 16.5. The maximum absolute atomic E-state index is 11.7. The van der Waals surface area contributed by atoms with Gasteiger partial charge >= 0.3 is 6.09 Å². The topological polar surface area (TPSA) is 47.6 Å². The van der Waals surface area contributed by atoms with Crippen molar-refractivity contribution in [2.24, 2.45) is 0 Å². The van der Waals surface area contributed by atoms with Gasteiger partial charge in [0.05, 0.1) is 12.3 Å². The average Bonchev–Trinajstić information content (AvgIpc) is 2.55. The number of aryl methyl sites for hydroxylation is 2. The van der Waals surface area contributed by atoms with Crippen molar-refractivity contribution in [1.82, 2.24) is 0 Å². The van der Waals surface area contributed by atoms with E-state index in [2.05, 4.69) is 18.0 Å². The summed E-state index contributed by atoms with van der Waals surface area (Å²) in [6, 6.07) is 11.7. The molecule has 0 unspecified atom stereocenters. The molecule has 2 aromatic carbocycles. The van der Waals surface area contributed by atoms with Crippen LogP contribution in [0.4, 0.5) is 10.5 Å². The van der Waals surface area contributed by atoms with Crippen LogP contribution in [0.1, 0.15) is 29.2 Å². The molecule has 1 amide bonds. The Hall–Kier alpha value is -2.75. The molecule has 0 aliphatic rings. The molecule has 0 saturated heterocycles. The Morgan fingerprint density at radius 3 is 2.67 bits per heavy atom. The molecule has 24 heavy (non-hydrogen) atoms. The first kappa shape index (κ1) is 17.6. The predicted molar refractivity (Wildman–Crippen MR) is 97.4 cm³/mol. The molecule has 0 radical (unpaired) electrons. The Morgan fingerprint density at radius 2 is 2.00 bits per heavy atom. The van der Waals surface area contributed by atoms with Crippen molar-refractivity contribution in [3.63, 3.8) is 0 Å². The lowest BCUT2D eigenvalue weighted by Crippen LogP contribution is -2.15. The minimum absolute atomic E-state index is 0.324. The summed E-state index contributed by atoms with van der Waals surface area (Å²) in [6.45, 7) is 10.3. The smallest absolute Gasteiger partial charge is 0.411 e. The summed E-state index contributed by atoms with van der Waals surface area (Å²) in [6.07, 6.45) is 1.28. The largest absolute Gasteiger partial charge is 0.489 e. The second kappa shape index (κ2) is 8.20. The molecule has 0 saturated carbocycles. The van der Waals surface area contributed by atoms with Crippen LogP contribution in [0.3, 0.4) is 0 Å². The summed E-state index contributed by atoms with van der Waals surface area (Å²) < 4.78 is 10.9. The molecule has 0 heterocycles. The number of carbonyl (C=O) groups excluding carboxylic acids is 1. The van der Waals surface area contributed by atoms with Crippen LogP contribution in [-0.2, 0) is 11.3 Å². The monoisotopic (exact) mass is 325 g/mol. The van der Waals surface area contributed by atoms with Crippen molar-refractivity contribution in [1.29, 1.82) is 0 Å². The fourth-order valence-electron chi connectivity index (χ4n) is 2.38. The van der Waals surface area contributed by atoms with E-state index in [0.29, 0.717) is 18.9 Å². The quantitative estimate of drug-likeness (QED) is 0.804. The summed E-state index contributed by atoms with van der Waals surface area (Å²) >= 11 is 0. The second-order valence-electron chi connectivity index (χ2n) is 5.52. The Morgan fingerprint density at radius 1 is 1.21 bits per heavy atom. The maximum atomic E-state index is 11.7. The molecule has 0 aromatic heterocycles. The number of rotatable bonds is 6. The van der Waals surface area contributed by atoms with Gasteiger partial charge in [0.15, 0.2) is 0 Å². The lowest BCUT2D eigenvalue weighted by Gasteiger charge is -2.14. The summed E-state index contributed by atoms with van der Waals surface area (Å²) in [5, 5.41) is 2.75. The number of anilines is 1. The SMILES string of the molecule is C=Cc1ccc(NC(=O)OCC)c(COc2ccc(C)cc2C)c1. The van der Waals surface area contributed by atoms with E-state index in [-0.39, 0.29) is 0 Å². The molecule has 1 N–H and O–H groups in total. The average molecular weight is 325 g/mol. The van der Waals surface area contributed by atoms with Gasteiger partial charge in [0.2, 0.25) is 0 Å². The van der Waals surface area contributed by atoms with E-state index in [1.165, 1.54) is 5.56 Å². The zero-order chi connectivity index (χ0) is 17.5. The summed E-state index contributed by atoms with van der Waals surface area (Å²) in [5.41, 5.74) is 4.76. The molecule has 0 bridgehead atoms. The lowest BCUT2D eigenvalue weighted by atomic mass is 10.1. The van der Waals surface area contributed by atoms with Crippen LogP contribution in [0.2, 0.25) is 0 Å². The van der Waals surface area contributed by atoms with Crippen molar-refractivity contribution in [3.8, 4) is 5.75 Å². The van der Waals surface area contributed by atoms with Crippen molar-refractivity contribution >= 4 is 17.9 Å². The highest BCUT2D eigenvalue weighted by molar-refractivity contribution is 5.86. The normalized spacial score (nSPS) is 10.1. The van der Waals surface area contributed by atoms with E-state index in [4.69, 9.17) is 9.47 Å². The Balaban J connectivity index is 2.19. The Labute approximate surface area is 143 Å². The highest BCUT2D eigenvalue weighted by Crippen LogP contribution is 2.24. The summed E-state index contributed by atoms with van der Waals surface area (Å²) in [5.74, 6) is 0.826. The maximum Gasteiger partial charge on any atom is 0.411 e. The molecule has 0 spiro atoms. The van der Waals surface area contributed by atoms with Crippen LogP contribution in [0.25, 0.3) is 6.08 Å². The van der Waals surface area contributed by atoms with Crippen molar-refractivity contribution in [2.75, 3.05) is 11.9 Å². The second-order valence-corrected chi connectivity index (χ2v) is 5.52. The van der Waals surface area contributed by atoms with Gasteiger partial charge in [0.1, 0.15) is 12.4 Å². The van der Waals surface area contributed by atoms with Crippen LogP contribution < -0.4 is 10.1 Å². The number of nitrogens with one attached hydrogen (secondary N) is 1. The molecule has 4 heteroatoms. The fraction of sp³-hybridized carbons (Fsp3) is 0.250. The molecule has 2 rings (SSSR count). The molecule has 0 atom stereocenters. The standard InChI is InChI=1S/C20H23NO3/c1-5-16-8-9-18(21-20(22)23-6-2)17(12-16)13-24-19-10-7-14(3)11-15(19)4/h5,7-12H,1,6,13H2,2-4H3,(H,21,22). The number of hydrogen-bond acceptors (Lipinski definition) is 3.